The number of nitrogens with one attached hydrogen (secondary N) is 1. The summed E-state index contributed by atoms with van der Waals surface area (Å²) in [4.78, 5) is 25.5. The average Bonchev–Trinajstić information content (AvgIpc) is 2.64. The average molecular weight is 356 g/mol. The Labute approximate surface area is 154 Å². The molecule has 0 radical (unpaired) electrons. The Morgan fingerprint density at radius 2 is 1.65 bits per heavy atom. The van der Waals surface area contributed by atoms with Gasteiger partial charge >= 0.3 is 0 Å². The van der Waals surface area contributed by atoms with Crippen molar-refractivity contribution in [3.05, 3.63) is 71.5 Å². The Bertz CT molecular complexity index is 702. The second kappa shape index (κ2) is 10.3. The second-order valence-corrected chi connectivity index (χ2v) is 6.25. The number of amides is 2. The summed E-state index contributed by atoms with van der Waals surface area (Å²) in [5, 5.41) is 2.80. The lowest BCUT2D eigenvalue weighted by molar-refractivity contribution is -0.129. The van der Waals surface area contributed by atoms with Gasteiger partial charge in [-0.2, -0.15) is 0 Å². The smallest absolute Gasteiger partial charge is 0.222 e. The first-order valence-corrected chi connectivity index (χ1v) is 8.85. The zero-order chi connectivity index (χ0) is 18.8. The van der Waals surface area contributed by atoms with Gasteiger partial charge in [0.1, 0.15) is 5.82 Å². The standard InChI is InChI=1S/C21H25FN2O2/c1-17(25)24(14-5-8-18-6-3-2-4-7-18)15-13-21(26)23-16-19-9-11-20(22)12-10-19/h2-4,6-7,9-12H,5,8,13-16H2,1H3,(H,23,26). The molecule has 4 nitrogen and oxygen atoms in total. The number of halogens is 1. The summed E-state index contributed by atoms with van der Waals surface area (Å²) in [6, 6.07) is 16.1. The van der Waals surface area contributed by atoms with Gasteiger partial charge in [0.15, 0.2) is 0 Å². The zero-order valence-electron chi connectivity index (χ0n) is 15.1. The van der Waals surface area contributed by atoms with Crippen molar-refractivity contribution in [3.8, 4) is 0 Å². The van der Waals surface area contributed by atoms with E-state index in [0.717, 1.165) is 18.4 Å². The van der Waals surface area contributed by atoms with Gasteiger partial charge in [-0.25, -0.2) is 4.39 Å². The fourth-order valence-corrected chi connectivity index (χ4v) is 2.67. The van der Waals surface area contributed by atoms with Gasteiger partial charge in [-0.1, -0.05) is 42.5 Å². The molecule has 0 saturated heterocycles. The van der Waals surface area contributed by atoms with Crippen molar-refractivity contribution in [2.24, 2.45) is 0 Å². The molecule has 2 amide bonds. The third-order valence-corrected chi connectivity index (χ3v) is 4.19. The highest BCUT2D eigenvalue weighted by molar-refractivity contribution is 5.78. The molecule has 138 valence electrons. The molecule has 0 fully saturated rings. The second-order valence-electron chi connectivity index (χ2n) is 6.25. The van der Waals surface area contributed by atoms with Gasteiger partial charge in [0.2, 0.25) is 11.8 Å². The number of carbonyl (C=O) groups is 2. The summed E-state index contributed by atoms with van der Waals surface area (Å²) < 4.78 is 12.9. The highest BCUT2D eigenvalue weighted by atomic mass is 19.1. The molecule has 26 heavy (non-hydrogen) atoms. The minimum Gasteiger partial charge on any atom is -0.352 e. The van der Waals surface area contributed by atoms with E-state index in [2.05, 4.69) is 17.4 Å². The van der Waals surface area contributed by atoms with Gasteiger partial charge in [-0.15, -0.1) is 0 Å². The van der Waals surface area contributed by atoms with Crippen molar-refractivity contribution in [2.75, 3.05) is 13.1 Å². The number of benzene rings is 2. The number of hydrogen-bond acceptors (Lipinski definition) is 2. The zero-order valence-corrected chi connectivity index (χ0v) is 15.1. The Hall–Kier alpha value is -2.69. The van der Waals surface area contributed by atoms with E-state index in [-0.39, 0.29) is 24.1 Å². The fraction of sp³-hybridized carbons (Fsp3) is 0.333. The molecule has 0 spiro atoms. The van der Waals surface area contributed by atoms with E-state index in [1.54, 1.807) is 17.0 Å². The fourth-order valence-electron chi connectivity index (χ4n) is 2.67. The summed E-state index contributed by atoms with van der Waals surface area (Å²) >= 11 is 0. The molecule has 2 aromatic carbocycles. The number of nitrogens with zero attached hydrogens (tertiary/aromatic N) is 1. The minimum absolute atomic E-state index is 0.0237. The van der Waals surface area contributed by atoms with Crippen LogP contribution in [0, 0.1) is 5.82 Å². The van der Waals surface area contributed by atoms with Gasteiger partial charge in [-0.05, 0) is 36.1 Å². The van der Waals surface area contributed by atoms with Crippen molar-refractivity contribution < 1.29 is 14.0 Å². The minimum atomic E-state index is -0.298. The van der Waals surface area contributed by atoms with Crippen LogP contribution in [0.4, 0.5) is 4.39 Å². The highest BCUT2D eigenvalue weighted by Crippen LogP contribution is 2.05. The predicted octanol–water partition coefficient (Wildman–Crippen LogP) is 3.31. The highest BCUT2D eigenvalue weighted by Gasteiger charge is 2.11. The summed E-state index contributed by atoms with van der Waals surface area (Å²) in [5.41, 5.74) is 2.08. The van der Waals surface area contributed by atoms with Crippen LogP contribution in [-0.4, -0.2) is 29.8 Å². The van der Waals surface area contributed by atoms with Crippen LogP contribution in [0.15, 0.2) is 54.6 Å². The monoisotopic (exact) mass is 356 g/mol. The van der Waals surface area contributed by atoms with E-state index >= 15 is 0 Å². The van der Waals surface area contributed by atoms with Crippen LogP contribution in [0.5, 0.6) is 0 Å². The molecular weight excluding hydrogens is 331 g/mol. The molecule has 0 atom stereocenters. The molecule has 2 rings (SSSR count). The van der Waals surface area contributed by atoms with Crippen LogP contribution < -0.4 is 5.32 Å². The first-order valence-electron chi connectivity index (χ1n) is 8.85. The van der Waals surface area contributed by atoms with Crippen molar-refractivity contribution in [1.82, 2.24) is 10.2 Å². The molecule has 0 heterocycles. The van der Waals surface area contributed by atoms with Crippen molar-refractivity contribution in [3.63, 3.8) is 0 Å². The lowest BCUT2D eigenvalue weighted by atomic mass is 10.1. The topological polar surface area (TPSA) is 49.4 Å². The molecule has 5 heteroatoms. The first-order chi connectivity index (χ1) is 12.5. The van der Waals surface area contributed by atoms with E-state index in [4.69, 9.17) is 0 Å². The molecule has 0 unspecified atom stereocenters. The summed E-state index contributed by atoms with van der Waals surface area (Å²) in [5.74, 6) is -0.444. The van der Waals surface area contributed by atoms with E-state index in [0.29, 0.717) is 19.6 Å². The Morgan fingerprint density at radius 3 is 2.31 bits per heavy atom. The maximum atomic E-state index is 12.9. The van der Waals surface area contributed by atoms with E-state index < -0.39 is 0 Å². The van der Waals surface area contributed by atoms with Crippen LogP contribution >= 0.6 is 0 Å². The first kappa shape index (κ1) is 19.6. The molecule has 0 aliphatic heterocycles. The lowest BCUT2D eigenvalue weighted by Crippen LogP contribution is -2.34. The van der Waals surface area contributed by atoms with Crippen LogP contribution in [-0.2, 0) is 22.6 Å². The van der Waals surface area contributed by atoms with Gasteiger partial charge in [0.25, 0.3) is 0 Å². The molecule has 0 saturated carbocycles. The van der Waals surface area contributed by atoms with E-state index in [1.807, 2.05) is 18.2 Å². The Balaban J connectivity index is 1.70. The third-order valence-electron chi connectivity index (χ3n) is 4.19. The molecule has 0 aromatic heterocycles. The summed E-state index contributed by atoms with van der Waals surface area (Å²) in [7, 11) is 0. The molecule has 2 aromatic rings. The predicted molar refractivity (Wildman–Crippen MR) is 99.9 cm³/mol. The Kier molecular flexibility index (Phi) is 7.80. The van der Waals surface area contributed by atoms with Gasteiger partial charge in [0.05, 0.1) is 0 Å². The van der Waals surface area contributed by atoms with Crippen molar-refractivity contribution >= 4 is 11.8 Å². The van der Waals surface area contributed by atoms with Crippen LogP contribution in [0.3, 0.4) is 0 Å². The summed E-state index contributed by atoms with van der Waals surface area (Å²) in [6.07, 6.45) is 2.02. The summed E-state index contributed by atoms with van der Waals surface area (Å²) in [6.45, 7) is 2.92. The van der Waals surface area contributed by atoms with Crippen molar-refractivity contribution in [2.45, 2.75) is 32.7 Å². The van der Waals surface area contributed by atoms with E-state index in [9.17, 15) is 14.0 Å². The maximum Gasteiger partial charge on any atom is 0.222 e. The lowest BCUT2D eigenvalue weighted by Gasteiger charge is -2.20. The van der Waals surface area contributed by atoms with E-state index in [1.165, 1.54) is 24.6 Å². The number of rotatable bonds is 9. The van der Waals surface area contributed by atoms with Gasteiger partial charge < -0.3 is 10.2 Å². The number of hydrogen-bond donors (Lipinski definition) is 1. The molecule has 1 N–H and O–H groups in total. The number of carbonyl (C=O) groups excluding carboxylic acids is 2. The Morgan fingerprint density at radius 1 is 0.962 bits per heavy atom. The van der Waals surface area contributed by atoms with Gasteiger partial charge in [0, 0.05) is 33.0 Å². The maximum absolute atomic E-state index is 12.9. The van der Waals surface area contributed by atoms with Gasteiger partial charge in [-0.3, -0.25) is 9.59 Å². The third kappa shape index (κ3) is 7.05. The molecule has 0 aliphatic rings. The molecular formula is C21H25FN2O2. The van der Waals surface area contributed by atoms with Crippen LogP contribution in [0.25, 0.3) is 0 Å². The largest absolute Gasteiger partial charge is 0.352 e. The quantitative estimate of drug-likeness (QED) is 0.749. The number of aryl methyl sites for hydroxylation is 1. The van der Waals surface area contributed by atoms with Crippen molar-refractivity contribution in [1.29, 1.82) is 0 Å². The van der Waals surface area contributed by atoms with Crippen LogP contribution in [0.2, 0.25) is 0 Å². The molecule has 0 bridgehead atoms. The molecule has 0 aliphatic carbocycles. The normalized spacial score (nSPS) is 10.4. The van der Waals surface area contributed by atoms with Crippen LogP contribution in [0.1, 0.15) is 30.9 Å². The SMILES string of the molecule is CC(=O)N(CCCc1ccccc1)CCC(=O)NCc1ccc(F)cc1.